The van der Waals surface area contributed by atoms with Crippen molar-refractivity contribution < 1.29 is 4.79 Å². The standard InChI is InChI=1S/C12H18N2O/c1-4-6-14-7-5-13-11(14)10(15)9-8-12(9,2)3/h5,7,9H,4,6,8H2,1-3H3. The van der Waals surface area contributed by atoms with Crippen LogP contribution in [0, 0.1) is 11.3 Å². The molecule has 1 unspecified atom stereocenters. The molecule has 0 radical (unpaired) electrons. The van der Waals surface area contributed by atoms with E-state index in [-0.39, 0.29) is 17.1 Å². The first-order valence-electron chi connectivity index (χ1n) is 5.61. The van der Waals surface area contributed by atoms with E-state index in [0.717, 1.165) is 19.4 Å². The van der Waals surface area contributed by atoms with Crippen LogP contribution in [0.4, 0.5) is 0 Å². The summed E-state index contributed by atoms with van der Waals surface area (Å²) in [6.07, 6.45) is 5.65. The van der Waals surface area contributed by atoms with E-state index < -0.39 is 0 Å². The fraction of sp³-hybridized carbons (Fsp3) is 0.667. The molecule has 0 aromatic carbocycles. The van der Waals surface area contributed by atoms with E-state index in [1.807, 2.05) is 10.8 Å². The van der Waals surface area contributed by atoms with E-state index in [1.165, 1.54) is 0 Å². The van der Waals surface area contributed by atoms with Crippen LogP contribution in [0.1, 0.15) is 44.2 Å². The zero-order chi connectivity index (χ0) is 11.1. The van der Waals surface area contributed by atoms with Crippen molar-refractivity contribution in [3.05, 3.63) is 18.2 Å². The molecular weight excluding hydrogens is 188 g/mol. The maximum atomic E-state index is 12.1. The third-order valence-electron chi connectivity index (χ3n) is 3.23. The molecule has 1 aliphatic rings. The van der Waals surface area contributed by atoms with Crippen LogP contribution < -0.4 is 0 Å². The van der Waals surface area contributed by atoms with Crippen LogP contribution in [-0.4, -0.2) is 15.3 Å². The van der Waals surface area contributed by atoms with Crippen molar-refractivity contribution in [3.8, 4) is 0 Å². The molecule has 0 bridgehead atoms. The zero-order valence-corrected chi connectivity index (χ0v) is 9.66. The summed E-state index contributed by atoms with van der Waals surface area (Å²) in [5.41, 5.74) is 0.195. The summed E-state index contributed by atoms with van der Waals surface area (Å²) in [6, 6.07) is 0. The van der Waals surface area contributed by atoms with Gasteiger partial charge in [-0.3, -0.25) is 4.79 Å². The topological polar surface area (TPSA) is 34.9 Å². The number of ketones is 1. The summed E-state index contributed by atoms with van der Waals surface area (Å²) in [5.74, 6) is 1.06. The Balaban J connectivity index is 2.16. The third-order valence-corrected chi connectivity index (χ3v) is 3.23. The number of carbonyl (C=O) groups excluding carboxylic acids is 1. The largest absolute Gasteiger partial charge is 0.329 e. The first-order valence-corrected chi connectivity index (χ1v) is 5.61. The smallest absolute Gasteiger partial charge is 0.201 e. The van der Waals surface area contributed by atoms with Crippen molar-refractivity contribution in [3.63, 3.8) is 0 Å². The molecule has 0 N–H and O–H groups in total. The van der Waals surface area contributed by atoms with Crippen LogP contribution in [0.15, 0.2) is 12.4 Å². The number of aromatic nitrogens is 2. The minimum atomic E-state index is 0.190. The predicted molar refractivity (Wildman–Crippen MR) is 58.7 cm³/mol. The lowest BCUT2D eigenvalue weighted by molar-refractivity contribution is 0.0938. The van der Waals surface area contributed by atoms with Gasteiger partial charge in [-0.2, -0.15) is 0 Å². The lowest BCUT2D eigenvalue weighted by Crippen LogP contribution is -2.14. The summed E-state index contributed by atoms with van der Waals surface area (Å²) in [5, 5.41) is 0. The predicted octanol–water partition coefficient (Wildman–Crippen LogP) is 2.52. The SMILES string of the molecule is CCCn1ccnc1C(=O)C1CC1(C)C. The normalized spacial score (nSPS) is 22.7. The van der Waals surface area contributed by atoms with Crippen molar-refractivity contribution in [2.45, 2.75) is 40.2 Å². The summed E-state index contributed by atoms with van der Waals surface area (Å²) in [6.45, 7) is 7.27. The van der Waals surface area contributed by atoms with Crippen molar-refractivity contribution in [1.29, 1.82) is 0 Å². The Morgan fingerprint density at radius 2 is 2.33 bits per heavy atom. The number of aryl methyl sites for hydroxylation is 1. The Morgan fingerprint density at radius 1 is 1.67 bits per heavy atom. The van der Waals surface area contributed by atoms with E-state index in [9.17, 15) is 4.79 Å². The molecule has 82 valence electrons. The van der Waals surface area contributed by atoms with Gasteiger partial charge in [-0.1, -0.05) is 20.8 Å². The van der Waals surface area contributed by atoms with Gasteiger partial charge in [0.05, 0.1) is 0 Å². The van der Waals surface area contributed by atoms with Crippen LogP contribution in [0.5, 0.6) is 0 Å². The number of hydrogen-bond donors (Lipinski definition) is 0. The van der Waals surface area contributed by atoms with Gasteiger partial charge in [0, 0.05) is 24.9 Å². The van der Waals surface area contributed by atoms with Crippen molar-refractivity contribution in [2.24, 2.45) is 11.3 Å². The fourth-order valence-corrected chi connectivity index (χ4v) is 2.03. The van der Waals surface area contributed by atoms with Gasteiger partial charge in [-0.15, -0.1) is 0 Å². The maximum Gasteiger partial charge on any atom is 0.201 e. The number of rotatable bonds is 4. The summed E-state index contributed by atoms with van der Waals surface area (Å²) in [4.78, 5) is 16.3. The van der Waals surface area contributed by atoms with Gasteiger partial charge in [-0.05, 0) is 18.3 Å². The monoisotopic (exact) mass is 206 g/mol. The Hall–Kier alpha value is -1.12. The average molecular weight is 206 g/mol. The first-order chi connectivity index (χ1) is 7.06. The highest BCUT2D eigenvalue weighted by Gasteiger charge is 2.51. The second-order valence-electron chi connectivity index (χ2n) is 5.05. The molecule has 1 aliphatic carbocycles. The molecule has 2 rings (SSSR count). The van der Waals surface area contributed by atoms with Crippen LogP contribution in [0.2, 0.25) is 0 Å². The van der Waals surface area contributed by atoms with Gasteiger partial charge in [0.15, 0.2) is 5.82 Å². The number of carbonyl (C=O) groups is 1. The molecule has 0 aliphatic heterocycles. The molecule has 1 atom stereocenters. The van der Waals surface area contributed by atoms with E-state index in [0.29, 0.717) is 5.82 Å². The highest BCUT2D eigenvalue weighted by Crippen LogP contribution is 2.52. The third kappa shape index (κ3) is 1.83. The highest BCUT2D eigenvalue weighted by molar-refractivity contribution is 5.97. The number of hydrogen-bond acceptors (Lipinski definition) is 2. The van der Waals surface area contributed by atoms with Crippen molar-refractivity contribution in [2.75, 3.05) is 0 Å². The highest BCUT2D eigenvalue weighted by atomic mass is 16.1. The molecule has 1 saturated carbocycles. The van der Waals surface area contributed by atoms with Crippen molar-refractivity contribution >= 4 is 5.78 Å². The van der Waals surface area contributed by atoms with E-state index in [1.54, 1.807) is 6.20 Å². The Morgan fingerprint density at radius 3 is 2.87 bits per heavy atom. The Bertz CT molecular complexity index is 379. The summed E-state index contributed by atoms with van der Waals surface area (Å²) < 4.78 is 1.97. The zero-order valence-electron chi connectivity index (χ0n) is 9.66. The Kier molecular flexibility index (Phi) is 2.41. The summed E-state index contributed by atoms with van der Waals surface area (Å²) in [7, 11) is 0. The number of imidazole rings is 1. The maximum absolute atomic E-state index is 12.1. The fourth-order valence-electron chi connectivity index (χ4n) is 2.03. The van der Waals surface area contributed by atoms with Gasteiger partial charge in [0.25, 0.3) is 0 Å². The van der Waals surface area contributed by atoms with Gasteiger partial charge in [-0.25, -0.2) is 4.98 Å². The molecule has 0 saturated heterocycles. The van der Waals surface area contributed by atoms with Crippen molar-refractivity contribution in [1.82, 2.24) is 9.55 Å². The van der Waals surface area contributed by atoms with Gasteiger partial charge in [0.1, 0.15) is 0 Å². The molecule has 3 nitrogen and oxygen atoms in total. The average Bonchev–Trinajstić information content (AvgIpc) is 2.63. The molecule has 1 heterocycles. The molecule has 1 fully saturated rings. The Labute approximate surface area is 90.5 Å². The first kappa shape index (κ1) is 10.4. The van der Waals surface area contributed by atoms with E-state index in [4.69, 9.17) is 0 Å². The molecule has 1 aromatic heterocycles. The molecule has 3 heteroatoms. The molecule has 0 amide bonds. The summed E-state index contributed by atoms with van der Waals surface area (Å²) >= 11 is 0. The lowest BCUT2D eigenvalue weighted by Gasteiger charge is -2.06. The molecule has 0 spiro atoms. The number of Topliss-reactive ketones (excluding diaryl/α,β-unsaturated/α-hetero) is 1. The number of nitrogens with zero attached hydrogens (tertiary/aromatic N) is 2. The van der Waals surface area contributed by atoms with E-state index >= 15 is 0 Å². The quantitative estimate of drug-likeness (QED) is 0.709. The van der Waals surface area contributed by atoms with Gasteiger partial charge >= 0.3 is 0 Å². The van der Waals surface area contributed by atoms with Gasteiger partial charge in [0.2, 0.25) is 5.78 Å². The molecule has 1 aromatic rings. The minimum Gasteiger partial charge on any atom is -0.329 e. The second-order valence-corrected chi connectivity index (χ2v) is 5.05. The van der Waals surface area contributed by atoms with E-state index in [2.05, 4.69) is 25.8 Å². The van der Waals surface area contributed by atoms with Crippen LogP contribution in [0.25, 0.3) is 0 Å². The molecule has 15 heavy (non-hydrogen) atoms. The minimum absolute atomic E-state index is 0.190. The van der Waals surface area contributed by atoms with Gasteiger partial charge < -0.3 is 4.57 Å². The van der Waals surface area contributed by atoms with Crippen LogP contribution >= 0.6 is 0 Å². The van der Waals surface area contributed by atoms with Crippen LogP contribution in [0.3, 0.4) is 0 Å². The van der Waals surface area contributed by atoms with Crippen LogP contribution in [-0.2, 0) is 6.54 Å². The lowest BCUT2D eigenvalue weighted by atomic mass is 10.1. The second kappa shape index (κ2) is 3.47. The molecular formula is C12H18N2O.